The smallest absolute Gasteiger partial charge is 0.324 e. The minimum Gasteiger partial charge on any atom is -0.468 e. The maximum Gasteiger partial charge on any atom is 0.324 e. The molecule has 0 amide bonds. The molecule has 4 nitrogen and oxygen atoms in total. The van der Waals surface area contributed by atoms with Gasteiger partial charge in [0.15, 0.2) is 0 Å². The normalized spacial score (nSPS) is 17.2. The lowest BCUT2D eigenvalue weighted by Crippen LogP contribution is -2.47. The van der Waals surface area contributed by atoms with Crippen molar-refractivity contribution in [3.63, 3.8) is 0 Å². The molecule has 1 saturated carbocycles. The Morgan fingerprint density at radius 2 is 2.12 bits per heavy atom. The predicted octanol–water partition coefficient (Wildman–Crippen LogP) is 1.40. The second kappa shape index (κ2) is 7.67. The molecule has 0 spiro atoms. The number of carbonyl (C=O) groups is 1. The van der Waals surface area contributed by atoms with E-state index in [1.165, 1.54) is 20.0 Å². The second-order valence-electron chi connectivity index (χ2n) is 4.76. The number of rotatable bonds is 9. The van der Waals surface area contributed by atoms with Gasteiger partial charge in [-0.15, -0.1) is 0 Å². The topological polar surface area (TPSA) is 41.6 Å². The van der Waals surface area contributed by atoms with E-state index in [0.29, 0.717) is 6.04 Å². The van der Waals surface area contributed by atoms with Crippen molar-refractivity contribution >= 4 is 5.97 Å². The van der Waals surface area contributed by atoms with E-state index in [2.05, 4.69) is 24.1 Å². The van der Waals surface area contributed by atoms with Crippen LogP contribution in [0.4, 0.5) is 0 Å². The van der Waals surface area contributed by atoms with Crippen LogP contribution in [0.15, 0.2) is 0 Å². The molecule has 1 aliphatic carbocycles. The first-order valence-corrected chi connectivity index (χ1v) is 6.78. The third kappa shape index (κ3) is 5.04. The predicted molar refractivity (Wildman–Crippen MR) is 69.0 cm³/mol. The zero-order chi connectivity index (χ0) is 12.7. The third-order valence-electron chi connectivity index (χ3n) is 3.12. The van der Waals surface area contributed by atoms with Crippen molar-refractivity contribution in [2.75, 3.05) is 26.7 Å². The van der Waals surface area contributed by atoms with Crippen LogP contribution >= 0.6 is 0 Å². The van der Waals surface area contributed by atoms with Crippen LogP contribution < -0.4 is 5.32 Å². The average molecular weight is 242 g/mol. The molecule has 1 fully saturated rings. The summed E-state index contributed by atoms with van der Waals surface area (Å²) in [5.74, 6) is -0.139. The fourth-order valence-corrected chi connectivity index (χ4v) is 2.07. The standard InChI is InChI=1S/C13H26N2O2/c1-4-8-14-12(13(16)17-3)10-15(9-5-2)11-6-7-11/h11-12,14H,4-10H2,1-3H3. The Kier molecular flexibility index (Phi) is 6.52. The van der Waals surface area contributed by atoms with Gasteiger partial charge in [0.05, 0.1) is 7.11 Å². The van der Waals surface area contributed by atoms with Gasteiger partial charge in [-0.3, -0.25) is 9.69 Å². The minimum atomic E-state index is -0.174. The van der Waals surface area contributed by atoms with Crippen molar-refractivity contribution in [1.29, 1.82) is 0 Å². The Hall–Kier alpha value is -0.610. The van der Waals surface area contributed by atoms with Gasteiger partial charge in [-0.05, 0) is 38.8 Å². The van der Waals surface area contributed by atoms with E-state index < -0.39 is 0 Å². The van der Waals surface area contributed by atoms with Gasteiger partial charge in [0.25, 0.3) is 0 Å². The van der Waals surface area contributed by atoms with Crippen molar-refractivity contribution in [3.8, 4) is 0 Å². The number of nitrogens with zero attached hydrogens (tertiary/aromatic N) is 1. The maximum absolute atomic E-state index is 11.7. The van der Waals surface area contributed by atoms with Crippen LogP contribution in [0.25, 0.3) is 0 Å². The Morgan fingerprint density at radius 3 is 2.59 bits per heavy atom. The molecule has 0 heterocycles. The van der Waals surface area contributed by atoms with Gasteiger partial charge >= 0.3 is 5.97 Å². The van der Waals surface area contributed by atoms with Gasteiger partial charge in [-0.2, -0.15) is 0 Å². The highest BCUT2D eigenvalue weighted by molar-refractivity contribution is 5.75. The average Bonchev–Trinajstić information content (AvgIpc) is 3.16. The largest absolute Gasteiger partial charge is 0.468 e. The van der Waals surface area contributed by atoms with Gasteiger partial charge in [0.1, 0.15) is 6.04 Å². The molecule has 0 radical (unpaired) electrons. The van der Waals surface area contributed by atoms with Crippen LogP contribution in [0.5, 0.6) is 0 Å². The summed E-state index contributed by atoms with van der Waals surface area (Å²) < 4.78 is 4.86. The zero-order valence-electron chi connectivity index (χ0n) is 11.4. The molecule has 17 heavy (non-hydrogen) atoms. The van der Waals surface area contributed by atoms with Crippen LogP contribution in [0.2, 0.25) is 0 Å². The van der Waals surface area contributed by atoms with Gasteiger partial charge < -0.3 is 10.1 Å². The Labute approximate surface area is 105 Å². The monoisotopic (exact) mass is 242 g/mol. The number of hydrogen-bond acceptors (Lipinski definition) is 4. The molecule has 0 saturated heterocycles. The number of hydrogen-bond donors (Lipinski definition) is 1. The third-order valence-corrected chi connectivity index (χ3v) is 3.12. The maximum atomic E-state index is 11.7. The van der Waals surface area contributed by atoms with Crippen molar-refractivity contribution in [1.82, 2.24) is 10.2 Å². The first-order valence-electron chi connectivity index (χ1n) is 6.78. The quantitative estimate of drug-likeness (QED) is 0.621. The summed E-state index contributed by atoms with van der Waals surface area (Å²) in [6.07, 6.45) is 4.73. The Balaban J connectivity index is 2.46. The lowest BCUT2D eigenvalue weighted by Gasteiger charge is -2.26. The number of ether oxygens (including phenoxy) is 1. The number of nitrogens with one attached hydrogen (secondary N) is 1. The van der Waals surface area contributed by atoms with E-state index >= 15 is 0 Å². The molecule has 0 aliphatic heterocycles. The Bertz CT molecular complexity index is 229. The molecule has 1 aliphatic rings. The molecule has 0 aromatic carbocycles. The molecule has 0 bridgehead atoms. The van der Waals surface area contributed by atoms with Crippen LogP contribution in [0, 0.1) is 0 Å². The van der Waals surface area contributed by atoms with Crippen LogP contribution in [-0.2, 0) is 9.53 Å². The second-order valence-corrected chi connectivity index (χ2v) is 4.76. The summed E-state index contributed by atoms with van der Waals surface area (Å²) in [6.45, 7) is 7.01. The van der Waals surface area contributed by atoms with Crippen molar-refractivity contribution in [3.05, 3.63) is 0 Å². The highest BCUT2D eigenvalue weighted by Gasteiger charge is 2.31. The molecular weight excluding hydrogens is 216 g/mol. The molecule has 1 rings (SSSR count). The molecular formula is C13H26N2O2. The summed E-state index contributed by atoms with van der Waals surface area (Å²) in [7, 11) is 1.46. The van der Waals surface area contributed by atoms with Crippen LogP contribution in [0.3, 0.4) is 0 Å². The lowest BCUT2D eigenvalue weighted by atomic mass is 10.2. The molecule has 1 N–H and O–H groups in total. The number of methoxy groups -OCH3 is 1. The van der Waals surface area contributed by atoms with E-state index in [0.717, 1.165) is 32.5 Å². The van der Waals surface area contributed by atoms with E-state index in [9.17, 15) is 4.79 Å². The molecule has 0 aromatic rings. The zero-order valence-corrected chi connectivity index (χ0v) is 11.4. The SMILES string of the molecule is CCCNC(CN(CCC)C1CC1)C(=O)OC. The summed E-state index contributed by atoms with van der Waals surface area (Å²) in [5.41, 5.74) is 0. The lowest BCUT2D eigenvalue weighted by molar-refractivity contribution is -0.143. The molecule has 100 valence electrons. The van der Waals surface area contributed by atoms with E-state index in [-0.39, 0.29) is 12.0 Å². The van der Waals surface area contributed by atoms with Crippen molar-refractivity contribution in [2.45, 2.75) is 51.6 Å². The van der Waals surface area contributed by atoms with Crippen LogP contribution in [0.1, 0.15) is 39.5 Å². The van der Waals surface area contributed by atoms with Crippen LogP contribution in [-0.4, -0.2) is 49.7 Å². The Morgan fingerprint density at radius 1 is 1.41 bits per heavy atom. The summed E-state index contributed by atoms with van der Waals surface area (Å²) in [4.78, 5) is 14.1. The van der Waals surface area contributed by atoms with E-state index in [1.807, 2.05) is 0 Å². The van der Waals surface area contributed by atoms with Crippen molar-refractivity contribution in [2.24, 2.45) is 0 Å². The van der Waals surface area contributed by atoms with Gasteiger partial charge in [-0.25, -0.2) is 0 Å². The molecule has 4 heteroatoms. The number of esters is 1. The summed E-state index contributed by atoms with van der Waals surface area (Å²) >= 11 is 0. The van der Waals surface area contributed by atoms with E-state index in [1.54, 1.807) is 0 Å². The van der Waals surface area contributed by atoms with Crippen molar-refractivity contribution < 1.29 is 9.53 Å². The molecule has 1 unspecified atom stereocenters. The number of carbonyl (C=O) groups excluding carboxylic acids is 1. The van der Waals surface area contributed by atoms with Gasteiger partial charge in [0, 0.05) is 12.6 Å². The fourth-order valence-electron chi connectivity index (χ4n) is 2.07. The fraction of sp³-hybridized carbons (Fsp3) is 0.923. The van der Waals surface area contributed by atoms with E-state index in [4.69, 9.17) is 4.74 Å². The highest BCUT2D eigenvalue weighted by atomic mass is 16.5. The molecule has 1 atom stereocenters. The van der Waals surface area contributed by atoms with Gasteiger partial charge in [-0.1, -0.05) is 13.8 Å². The highest BCUT2D eigenvalue weighted by Crippen LogP contribution is 2.27. The first kappa shape index (κ1) is 14.5. The summed E-state index contributed by atoms with van der Waals surface area (Å²) in [5, 5.41) is 3.28. The minimum absolute atomic E-state index is 0.139. The molecule has 0 aromatic heterocycles. The first-order chi connectivity index (χ1) is 8.22. The summed E-state index contributed by atoms with van der Waals surface area (Å²) in [6, 6.07) is 0.526. The van der Waals surface area contributed by atoms with Gasteiger partial charge in [0.2, 0.25) is 0 Å².